The van der Waals surface area contributed by atoms with E-state index in [9.17, 15) is 5.21 Å². The largest absolute Gasteiger partial charge is 0.312 e. The van der Waals surface area contributed by atoms with Gasteiger partial charge in [-0.1, -0.05) is 109 Å². The van der Waals surface area contributed by atoms with Crippen LogP contribution in [0.1, 0.15) is 45.5 Å². The number of fused-ring (bicyclic) bond motifs is 2. The fourth-order valence-corrected chi connectivity index (χ4v) is 6.37. The van der Waals surface area contributed by atoms with Crippen molar-refractivity contribution in [1.29, 1.82) is 0 Å². The molecule has 0 aromatic heterocycles. The Labute approximate surface area is 211 Å². The second kappa shape index (κ2) is 8.03. The molecule has 0 saturated carbocycles. The second-order valence-electron chi connectivity index (χ2n) is 10.0. The smallest absolute Gasteiger partial charge is 0.0875 e. The third kappa shape index (κ3) is 2.99. The van der Waals surface area contributed by atoms with Crippen molar-refractivity contribution in [1.82, 2.24) is 5.06 Å². The van der Waals surface area contributed by atoms with Crippen LogP contribution in [0.15, 0.2) is 109 Å². The van der Waals surface area contributed by atoms with Crippen LogP contribution in [0.2, 0.25) is 0 Å². The van der Waals surface area contributed by atoms with E-state index in [-0.39, 0.29) is 12.1 Å². The molecule has 2 nitrogen and oxygen atoms in total. The van der Waals surface area contributed by atoms with Crippen molar-refractivity contribution >= 4 is 32.3 Å². The molecular weight excluding hydrogens is 438 g/mol. The van der Waals surface area contributed by atoms with Crippen LogP contribution in [-0.4, -0.2) is 10.3 Å². The summed E-state index contributed by atoms with van der Waals surface area (Å²) in [4.78, 5) is 0. The minimum Gasteiger partial charge on any atom is -0.312 e. The minimum atomic E-state index is -0.293. The molecule has 0 aliphatic carbocycles. The average Bonchev–Trinajstić information content (AvgIpc) is 2.91. The van der Waals surface area contributed by atoms with Crippen molar-refractivity contribution in [3.8, 4) is 0 Å². The molecule has 0 unspecified atom stereocenters. The van der Waals surface area contributed by atoms with Gasteiger partial charge in [0.1, 0.15) is 0 Å². The number of rotatable bonds is 2. The van der Waals surface area contributed by atoms with Gasteiger partial charge in [-0.3, -0.25) is 0 Å². The quantitative estimate of drug-likeness (QED) is 0.277. The first kappa shape index (κ1) is 21.3. The van der Waals surface area contributed by atoms with Gasteiger partial charge in [-0.15, -0.1) is 0 Å². The van der Waals surface area contributed by atoms with E-state index in [0.29, 0.717) is 0 Å². The van der Waals surface area contributed by atoms with Gasteiger partial charge in [-0.25, -0.2) is 0 Å². The van der Waals surface area contributed by atoms with E-state index in [0.717, 1.165) is 11.1 Å². The summed E-state index contributed by atoms with van der Waals surface area (Å²) in [6.07, 6.45) is 0. The summed E-state index contributed by atoms with van der Waals surface area (Å²) in [6.45, 7) is 4.34. The van der Waals surface area contributed by atoms with E-state index in [1.165, 1.54) is 54.6 Å². The van der Waals surface area contributed by atoms with Crippen LogP contribution in [-0.2, 0) is 0 Å². The maximum atomic E-state index is 12.3. The van der Waals surface area contributed by atoms with Gasteiger partial charge in [0.2, 0.25) is 0 Å². The van der Waals surface area contributed by atoms with Crippen LogP contribution in [0.4, 0.5) is 0 Å². The van der Waals surface area contributed by atoms with Crippen molar-refractivity contribution in [2.45, 2.75) is 25.9 Å². The molecule has 6 aromatic rings. The van der Waals surface area contributed by atoms with E-state index < -0.39 is 0 Å². The molecular formula is C34H27NO. The van der Waals surface area contributed by atoms with Crippen LogP contribution in [0, 0.1) is 13.8 Å². The number of hydroxylamine groups is 2. The molecule has 0 amide bonds. The molecule has 1 heterocycles. The predicted molar refractivity (Wildman–Crippen MR) is 149 cm³/mol. The zero-order valence-corrected chi connectivity index (χ0v) is 20.4. The minimum absolute atomic E-state index is 0.293. The molecule has 2 heteroatoms. The highest BCUT2D eigenvalue weighted by molar-refractivity contribution is 5.96. The number of nitrogens with zero attached hydrogens (tertiary/aromatic N) is 1. The summed E-state index contributed by atoms with van der Waals surface area (Å²) in [6, 6.07) is 38.1. The number of hydrogen-bond donors (Lipinski definition) is 1. The fraction of sp³-hybridized carbons (Fsp3) is 0.118. The van der Waals surface area contributed by atoms with Crippen molar-refractivity contribution in [2.24, 2.45) is 0 Å². The maximum Gasteiger partial charge on any atom is 0.0875 e. The van der Waals surface area contributed by atoms with E-state index in [4.69, 9.17) is 0 Å². The van der Waals surface area contributed by atoms with Gasteiger partial charge < -0.3 is 5.21 Å². The predicted octanol–water partition coefficient (Wildman–Crippen LogP) is 8.65. The highest BCUT2D eigenvalue weighted by Crippen LogP contribution is 2.51. The molecule has 6 aromatic carbocycles. The Bertz CT molecular complexity index is 1660. The molecule has 36 heavy (non-hydrogen) atoms. The number of aryl methyl sites for hydroxylation is 2. The third-order valence-corrected chi connectivity index (χ3v) is 8.01. The van der Waals surface area contributed by atoms with Crippen LogP contribution >= 0.6 is 0 Å². The lowest BCUT2D eigenvalue weighted by atomic mass is 9.77. The zero-order chi connectivity index (χ0) is 24.4. The summed E-state index contributed by atoms with van der Waals surface area (Å²) >= 11 is 0. The van der Waals surface area contributed by atoms with Crippen molar-refractivity contribution in [3.05, 3.63) is 143 Å². The topological polar surface area (TPSA) is 23.5 Å². The Morgan fingerprint density at radius 3 is 1.44 bits per heavy atom. The van der Waals surface area contributed by atoms with Gasteiger partial charge in [-0.2, -0.15) is 5.06 Å². The maximum absolute atomic E-state index is 12.3. The molecule has 2 atom stereocenters. The standard InChI is InChI=1S/C34H27NO/c1-21-17-19-25-20-18-22(2)31-32(25)30(21)33(28-15-7-11-23-9-3-5-13-26(23)28)35(36)34(31)29-16-8-12-24-10-4-6-14-27(24)29/h3-20,33-34,36H,1-2H3/t33-,34-/m0/s1. The Kier molecular flexibility index (Phi) is 4.75. The molecule has 1 N–H and O–H groups in total. The molecule has 1 aliphatic rings. The molecule has 0 bridgehead atoms. The van der Waals surface area contributed by atoms with Gasteiger partial charge in [0, 0.05) is 0 Å². The van der Waals surface area contributed by atoms with E-state index >= 15 is 0 Å². The molecule has 174 valence electrons. The normalized spacial score (nSPS) is 17.8. The summed E-state index contributed by atoms with van der Waals surface area (Å²) in [7, 11) is 0. The summed E-state index contributed by atoms with van der Waals surface area (Å²) in [5.74, 6) is 0. The van der Waals surface area contributed by atoms with Crippen LogP contribution in [0.5, 0.6) is 0 Å². The average molecular weight is 466 g/mol. The van der Waals surface area contributed by atoms with Gasteiger partial charge >= 0.3 is 0 Å². The first-order chi connectivity index (χ1) is 17.6. The molecule has 7 rings (SSSR count). The molecule has 1 aliphatic heterocycles. The molecule has 0 saturated heterocycles. The summed E-state index contributed by atoms with van der Waals surface area (Å²) in [5, 5.41) is 21.2. The lowest BCUT2D eigenvalue weighted by molar-refractivity contribution is -0.144. The van der Waals surface area contributed by atoms with Crippen LogP contribution in [0.25, 0.3) is 32.3 Å². The number of hydrogen-bond acceptors (Lipinski definition) is 2. The van der Waals surface area contributed by atoms with E-state index in [2.05, 4.69) is 123 Å². The lowest BCUT2D eigenvalue weighted by Crippen LogP contribution is -2.36. The van der Waals surface area contributed by atoms with Gasteiger partial charge in [0.15, 0.2) is 0 Å². The summed E-state index contributed by atoms with van der Waals surface area (Å²) in [5.41, 5.74) is 7.04. The Morgan fingerprint density at radius 1 is 0.500 bits per heavy atom. The number of benzene rings is 6. The third-order valence-electron chi connectivity index (χ3n) is 8.01. The Morgan fingerprint density at radius 2 is 0.944 bits per heavy atom. The van der Waals surface area contributed by atoms with Crippen molar-refractivity contribution < 1.29 is 5.21 Å². The highest BCUT2D eigenvalue weighted by atomic mass is 16.5. The van der Waals surface area contributed by atoms with Crippen LogP contribution in [0.3, 0.4) is 0 Å². The first-order valence-electron chi connectivity index (χ1n) is 12.6. The first-order valence-corrected chi connectivity index (χ1v) is 12.6. The van der Waals surface area contributed by atoms with Crippen molar-refractivity contribution in [3.63, 3.8) is 0 Å². The van der Waals surface area contributed by atoms with Gasteiger partial charge in [0.05, 0.1) is 12.1 Å². The Hall–Kier alpha value is -3.98. The SMILES string of the molecule is Cc1ccc2ccc(C)c3c2c1[C@H](c1cccc2ccccc12)N(O)[C@H]3c1cccc2ccccc12. The van der Waals surface area contributed by atoms with E-state index in [1.54, 1.807) is 5.06 Å². The van der Waals surface area contributed by atoms with Gasteiger partial charge in [-0.05, 0) is 79.5 Å². The summed E-state index contributed by atoms with van der Waals surface area (Å²) < 4.78 is 0. The van der Waals surface area contributed by atoms with E-state index in [1.807, 2.05) is 0 Å². The fourth-order valence-electron chi connectivity index (χ4n) is 6.37. The monoisotopic (exact) mass is 465 g/mol. The zero-order valence-electron chi connectivity index (χ0n) is 20.4. The lowest BCUT2D eigenvalue weighted by Gasteiger charge is -2.42. The second-order valence-corrected chi connectivity index (χ2v) is 10.0. The molecule has 0 fully saturated rings. The van der Waals surface area contributed by atoms with Gasteiger partial charge in [0.25, 0.3) is 0 Å². The molecule has 0 spiro atoms. The van der Waals surface area contributed by atoms with Crippen molar-refractivity contribution in [2.75, 3.05) is 0 Å². The van der Waals surface area contributed by atoms with Crippen LogP contribution < -0.4 is 0 Å². The highest BCUT2D eigenvalue weighted by Gasteiger charge is 2.40. The molecule has 0 radical (unpaired) electrons. The Balaban J connectivity index is 1.62.